The predicted octanol–water partition coefficient (Wildman–Crippen LogP) is 3.00. The molecule has 106 valence electrons. The molecular formula is C14H20BrNO3. The molecule has 1 N–H and O–H groups in total. The molecule has 0 fully saturated rings. The van der Waals surface area contributed by atoms with Gasteiger partial charge in [-0.1, -0.05) is 15.9 Å². The molecule has 0 aliphatic heterocycles. The SMILES string of the molecule is COc1cc(OC)cc(C(=O)NC(C)CCCBr)c1. The van der Waals surface area contributed by atoms with E-state index in [-0.39, 0.29) is 11.9 Å². The molecule has 0 aromatic heterocycles. The van der Waals surface area contributed by atoms with E-state index >= 15 is 0 Å². The van der Waals surface area contributed by atoms with Crippen LogP contribution in [0.1, 0.15) is 30.1 Å². The van der Waals surface area contributed by atoms with Crippen molar-refractivity contribution in [2.45, 2.75) is 25.8 Å². The van der Waals surface area contributed by atoms with Crippen LogP contribution < -0.4 is 14.8 Å². The van der Waals surface area contributed by atoms with E-state index in [1.54, 1.807) is 32.4 Å². The summed E-state index contributed by atoms with van der Waals surface area (Å²) in [6.07, 6.45) is 1.97. The zero-order valence-electron chi connectivity index (χ0n) is 11.5. The average molecular weight is 330 g/mol. The Balaban J connectivity index is 2.75. The highest BCUT2D eigenvalue weighted by atomic mass is 79.9. The highest BCUT2D eigenvalue weighted by Gasteiger charge is 2.12. The molecule has 5 heteroatoms. The lowest BCUT2D eigenvalue weighted by Gasteiger charge is -2.14. The lowest BCUT2D eigenvalue weighted by molar-refractivity contribution is 0.0937. The van der Waals surface area contributed by atoms with Gasteiger partial charge < -0.3 is 14.8 Å². The van der Waals surface area contributed by atoms with Gasteiger partial charge in [-0.3, -0.25) is 4.79 Å². The number of methoxy groups -OCH3 is 2. The number of carbonyl (C=O) groups excluding carboxylic acids is 1. The molecule has 0 radical (unpaired) electrons. The van der Waals surface area contributed by atoms with Crippen molar-refractivity contribution >= 4 is 21.8 Å². The zero-order valence-corrected chi connectivity index (χ0v) is 13.1. The Kier molecular flexibility index (Phi) is 6.70. The summed E-state index contributed by atoms with van der Waals surface area (Å²) in [5.41, 5.74) is 0.543. The standard InChI is InChI=1S/C14H20BrNO3/c1-10(5-4-6-15)16-14(17)11-7-12(18-2)9-13(8-11)19-3/h7-10H,4-6H2,1-3H3,(H,16,17). The second-order valence-electron chi connectivity index (χ2n) is 4.31. The molecule has 0 heterocycles. The van der Waals surface area contributed by atoms with Gasteiger partial charge in [0.2, 0.25) is 0 Å². The molecule has 1 aromatic carbocycles. The first kappa shape index (κ1) is 15.8. The van der Waals surface area contributed by atoms with Crippen LogP contribution in [0.2, 0.25) is 0 Å². The molecule has 0 bridgehead atoms. The average Bonchev–Trinajstić information content (AvgIpc) is 2.44. The molecule has 19 heavy (non-hydrogen) atoms. The first-order chi connectivity index (χ1) is 9.10. The summed E-state index contributed by atoms with van der Waals surface area (Å²) in [5.74, 6) is 1.11. The molecule has 1 amide bonds. The first-order valence-electron chi connectivity index (χ1n) is 6.20. The van der Waals surface area contributed by atoms with Crippen LogP contribution in [0.15, 0.2) is 18.2 Å². The van der Waals surface area contributed by atoms with Crippen LogP contribution in [0, 0.1) is 0 Å². The largest absolute Gasteiger partial charge is 0.497 e. The van der Waals surface area contributed by atoms with Crippen LogP contribution in [0.25, 0.3) is 0 Å². The van der Waals surface area contributed by atoms with E-state index < -0.39 is 0 Å². The fourth-order valence-corrected chi connectivity index (χ4v) is 2.02. The van der Waals surface area contributed by atoms with Crippen molar-refractivity contribution in [3.05, 3.63) is 23.8 Å². The van der Waals surface area contributed by atoms with E-state index in [1.807, 2.05) is 6.92 Å². The van der Waals surface area contributed by atoms with Gasteiger partial charge in [0.25, 0.3) is 5.91 Å². The molecule has 1 unspecified atom stereocenters. The fourth-order valence-electron chi connectivity index (χ4n) is 1.70. The van der Waals surface area contributed by atoms with Gasteiger partial charge in [-0.25, -0.2) is 0 Å². The first-order valence-corrected chi connectivity index (χ1v) is 7.32. The van der Waals surface area contributed by atoms with Gasteiger partial charge in [-0.15, -0.1) is 0 Å². The summed E-state index contributed by atoms with van der Waals surface area (Å²) in [6, 6.07) is 5.29. The van der Waals surface area contributed by atoms with Crippen molar-refractivity contribution in [3.63, 3.8) is 0 Å². The molecule has 4 nitrogen and oxygen atoms in total. The smallest absolute Gasteiger partial charge is 0.251 e. The van der Waals surface area contributed by atoms with Crippen molar-refractivity contribution in [2.24, 2.45) is 0 Å². The Hall–Kier alpha value is -1.23. The van der Waals surface area contributed by atoms with E-state index in [2.05, 4.69) is 21.2 Å². The molecule has 1 rings (SSSR count). The van der Waals surface area contributed by atoms with E-state index in [4.69, 9.17) is 9.47 Å². The summed E-state index contributed by atoms with van der Waals surface area (Å²) in [4.78, 5) is 12.1. The minimum atomic E-state index is -0.112. The Bertz CT molecular complexity index is 401. The summed E-state index contributed by atoms with van der Waals surface area (Å²) < 4.78 is 10.3. The second-order valence-corrected chi connectivity index (χ2v) is 5.10. The zero-order chi connectivity index (χ0) is 14.3. The fraction of sp³-hybridized carbons (Fsp3) is 0.500. The Morgan fingerprint density at radius 2 is 1.84 bits per heavy atom. The van der Waals surface area contributed by atoms with Crippen molar-refractivity contribution in [1.82, 2.24) is 5.32 Å². The third-order valence-corrected chi connectivity index (χ3v) is 3.32. The molecule has 0 saturated carbocycles. The quantitative estimate of drug-likeness (QED) is 0.782. The lowest BCUT2D eigenvalue weighted by Crippen LogP contribution is -2.32. The summed E-state index contributed by atoms with van der Waals surface area (Å²) in [5, 5.41) is 3.91. The molecular weight excluding hydrogens is 310 g/mol. The number of halogens is 1. The number of hydrogen-bond donors (Lipinski definition) is 1. The van der Waals surface area contributed by atoms with Crippen LogP contribution in [0.4, 0.5) is 0 Å². The van der Waals surface area contributed by atoms with Crippen molar-refractivity contribution in [3.8, 4) is 11.5 Å². The number of alkyl halides is 1. The molecule has 1 aromatic rings. The van der Waals surface area contributed by atoms with E-state index in [0.29, 0.717) is 17.1 Å². The summed E-state index contributed by atoms with van der Waals surface area (Å²) >= 11 is 3.38. The maximum atomic E-state index is 12.1. The molecule has 0 aliphatic carbocycles. The molecule has 0 aliphatic rings. The van der Waals surface area contributed by atoms with Crippen LogP contribution >= 0.6 is 15.9 Å². The van der Waals surface area contributed by atoms with Gasteiger partial charge in [0.1, 0.15) is 11.5 Å². The van der Waals surface area contributed by atoms with Crippen LogP contribution in [-0.4, -0.2) is 31.5 Å². The summed E-state index contributed by atoms with van der Waals surface area (Å²) in [6.45, 7) is 2.00. The second kappa shape index (κ2) is 8.04. The van der Waals surface area contributed by atoms with E-state index in [0.717, 1.165) is 18.2 Å². The number of amides is 1. The minimum Gasteiger partial charge on any atom is -0.497 e. The van der Waals surface area contributed by atoms with Gasteiger partial charge in [0.15, 0.2) is 0 Å². The van der Waals surface area contributed by atoms with Crippen molar-refractivity contribution in [2.75, 3.05) is 19.5 Å². The van der Waals surface area contributed by atoms with Gasteiger partial charge in [0.05, 0.1) is 14.2 Å². The molecule has 1 atom stereocenters. The van der Waals surface area contributed by atoms with Crippen LogP contribution in [-0.2, 0) is 0 Å². The molecule has 0 saturated heterocycles. The highest BCUT2D eigenvalue weighted by molar-refractivity contribution is 9.09. The number of rotatable bonds is 7. The third-order valence-electron chi connectivity index (χ3n) is 2.76. The Morgan fingerprint density at radius 1 is 1.26 bits per heavy atom. The normalized spacial score (nSPS) is 11.8. The van der Waals surface area contributed by atoms with Crippen LogP contribution in [0.3, 0.4) is 0 Å². The maximum absolute atomic E-state index is 12.1. The van der Waals surface area contributed by atoms with Gasteiger partial charge in [-0.2, -0.15) is 0 Å². The van der Waals surface area contributed by atoms with E-state index in [1.165, 1.54) is 0 Å². The van der Waals surface area contributed by atoms with Crippen molar-refractivity contribution in [1.29, 1.82) is 0 Å². The topological polar surface area (TPSA) is 47.6 Å². The Morgan fingerprint density at radius 3 is 2.32 bits per heavy atom. The lowest BCUT2D eigenvalue weighted by atomic mass is 10.1. The van der Waals surface area contributed by atoms with Gasteiger partial charge >= 0.3 is 0 Å². The van der Waals surface area contributed by atoms with Crippen LogP contribution in [0.5, 0.6) is 11.5 Å². The number of benzene rings is 1. The van der Waals surface area contributed by atoms with Gasteiger partial charge in [-0.05, 0) is 31.9 Å². The highest BCUT2D eigenvalue weighted by Crippen LogP contribution is 2.22. The monoisotopic (exact) mass is 329 g/mol. The number of hydrogen-bond acceptors (Lipinski definition) is 3. The maximum Gasteiger partial charge on any atom is 0.251 e. The summed E-state index contributed by atoms with van der Waals surface area (Å²) in [7, 11) is 3.13. The number of nitrogens with one attached hydrogen (secondary N) is 1. The molecule has 0 spiro atoms. The van der Waals surface area contributed by atoms with E-state index in [9.17, 15) is 4.79 Å². The third kappa shape index (κ3) is 5.11. The Labute approximate surface area is 122 Å². The van der Waals surface area contributed by atoms with Gasteiger partial charge in [0, 0.05) is 23.0 Å². The number of ether oxygens (including phenoxy) is 2. The van der Waals surface area contributed by atoms with Crippen molar-refractivity contribution < 1.29 is 14.3 Å². The minimum absolute atomic E-state index is 0.112. The number of carbonyl (C=O) groups is 1. The predicted molar refractivity (Wildman–Crippen MR) is 79.5 cm³/mol.